The molecule has 2 aromatic carbocycles. The normalized spacial score (nSPS) is 16.4. The summed E-state index contributed by atoms with van der Waals surface area (Å²) in [6.07, 6.45) is 1.66. The minimum absolute atomic E-state index is 0.164. The maximum absolute atomic E-state index is 9.86. The van der Waals surface area contributed by atoms with Gasteiger partial charge in [0.1, 0.15) is 17.4 Å². The van der Waals surface area contributed by atoms with Gasteiger partial charge in [-0.15, -0.1) is 11.3 Å². The van der Waals surface area contributed by atoms with Gasteiger partial charge in [-0.1, -0.05) is 42.5 Å². The number of nitriles is 1. The largest absolute Gasteiger partial charge is 0.437 e. The van der Waals surface area contributed by atoms with Gasteiger partial charge in [0.2, 0.25) is 5.88 Å². The summed E-state index contributed by atoms with van der Waals surface area (Å²) in [5.74, 6) is 0.984. The molecule has 1 aliphatic heterocycles. The number of fused-ring (bicyclic) bond motifs is 3. The Bertz CT molecular complexity index is 1060. The van der Waals surface area contributed by atoms with Crippen molar-refractivity contribution in [1.29, 1.82) is 5.26 Å². The van der Waals surface area contributed by atoms with Crippen molar-refractivity contribution in [2.45, 2.75) is 5.92 Å². The van der Waals surface area contributed by atoms with Gasteiger partial charge in [-0.2, -0.15) is 5.26 Å². The number of rotatable bonds is 3. The van der Waals surface area contributed by atoms with Crippen molar-refractivity contribution in [2.75, 3.05) is 14.1 Å². The molecule has 0 spiro atoms. The minimum atomic E-state index is -0.164. The summed E-state index contributed by atoms with van der Waals surface area (Å²) in [6.45, 7) is 0. The quantitative estimate of drug-likeness (QED) is 0.501. The summed E-state index contributed by atoms with van der Waals surface area (Å²) in [6, 6.07) is 18.7. The highest BCUT2D eigenvalue weighted by Crippen LogP contribution is 2.47. The van der Waals surface area contributed by atoms with E-state index in [9.17, 15) is 5.26 Å². The fraction of sp³-hybridized carbons (Fsp3) is 0.143. The second-order valence-electron chi connectivity index (χ2n) is 6.29. The standard InChI is InChI=1S/C21H17N3OS/c1-24(2)13-23-21-17(12-22)19(18-8-5-11-26-18)16-10-9-14-6-3-4-7-15(14)20(16)25-21/h3-11,13,19H,1-2H3/t19-/m1/s1. The highest BCUT2D eigenvalue weighted by atomic mass is 32.1. The zero-order chi connectivity index (χ0) is 18.1. The molecule has 4 rings (SSSR count). The molecule has 128 valence electrons. The summed E-state index contributed by atoms with van der Waals surface area (Å²) in [5, 5.41) is 14.0. The summed E-state index contributed by atoms with van der Waals surface area (Å²) in [5.41, 5.74) is 1.54. The van der Waals surface area contributed by atoms with Gasteiger partial charge >= 0.3 is 0 Å². The van der Waals surface area contributed by atoms with E-state index in [1.807, 2.05) is 48.6 Å². The lowest BCUT2D eigenvalue weighted by atomic mass is 9.86. The Kier molecular flexibility index (Phi) is 4.19. The molecule has 0 fully saturated rings. The summed E-state index contributed by atoms with van der Waals surface area (Å²) in [4.78, 5) is 7.37. The van der Waals surface area contributed by atoms with Gasteiger partial charge < -0.3 is 9.64 Å². The van der Waals surface area contributed by atoms with Crippen LogP contribution >= 0.6 is 11.3 Å². The molecule has 26 heavy (non-hydrogen) atoms. The average molecular weight is 359 g/mol. The highest BCUT2D eigenvalue weighted by molar-refractivity contribution is 7.10. The molecule has 4 nitrogen and oxygen atoms in total. The molecule has 1 atom stereocenters. The van der Waals surface area contributed by atoms with E-state index in [0.29, 0.717) is 11.5 Å². The predicted octanol–water partition coefficient (Wildman–Crippen LogP) is 4.75. The smallest absolute Gasteiger partial charge is 0.235 e. The number of hydrogen-bond donors (Lipinski definition) is 0. The molecule has 0 N–H and O–H groups in total. The monoisotopic (exact) mass is 359 g/mol. The average Bonchev–Trinajstić information content (AvgIpc) is 3.19. The van der Waals surface area contributed by atoms with Gasteiger partial charge in [0, 0.05) is 29.9 Å². The second-order valence-corrected chi connectivity index (χ2v) is 7.27. The fourth-order valence-corrected chi connectivity index (χ4v) is 4.01. The number of benzene rings is 2. The van der Waals surface area contributed by atoms with E-state index >= 15 is 0 Å². The van der Waals surface area contributed by atoms with Crippen LogP contribution in [0.25, 0.3) is 10.8 Å². The molecule has 1 aromatic heterocycles. The molecule has 5 heteroatoms. The summed E-state index contributed by atoms with van der Waals surface area (Å²) in [7, 11) is 3.78. The van der Waals surface area contributed by atoms with Crippen molar-refractivity contribution in [3.05, 3.63) is 75.8 Å². The van der Waals surface area contributed by atoms with Crippen LogP contribution in [0.3, 0.4) is 0 Å². The van der Waals surface area contributed by atoms with Crippen molar-refractivity contribution in [3.8, 4) is 11.8 Å². The Morgan fingerprint density at radius 3 is 2.73 bits per heavy atom. The molecule has 0 bridgehead atoms. The third kappa shape index (κ3) is 2.75. The van der Waals surface area contributed by atoms with Gasteiger partial charge in [0.25, 0.3) is 0 Å². The zero-order valence-electron chi connectivity index (χ0n) is 14.5. The Balaban J connectivity index is 1.98. The lowest BCUT2D eigenvalue weighted by Crippen LogP contribution is -2.16. The number of hydrogen-bond acceptors (Lipinski definition) is 4. The molecule has 0 saturated heterocycles. The predicted molar refractivity (Wildman–Crippen MR) is 106 cm³/mol. The van der Waals surface area contributed by atoms with E-state index in [4.69, 9.17) is 4.74 Å². The molecule has 0 aliphatic carbocycles. The van der Waals surface area contributed by atoms with Crippen molar-refractivity contribution in [3.63, 3.8) is 0 Å². The van der Waals surface area contributed by atoms with E-state index in [1.54, 1.807) is 17.7 Å². The third-order valence-corrected chi connectivity index (χ3v) is 5.23. The van der Waals surface area contributed by atoms with E-state index in [-0.39, 0.29) is 5.92 Å². The zero-order valence-corrected chi connectivity index (χ0v) is 15.3. The van der Waals surface area contributed by atoms with Crippen molar-refractivity contribution in [2.24, 2.45) is 4.99 Å². The first-order chi connectivity index (χ1) is 12.7. The van der Waals surface area contributed by atoms with Crippen LogP contribution in [0.2, 0.25) is 0 Å². The number of aliphatic imine (C=N–C) groups is 1. The van der Waals surface area contributed by atoms with Gasteiger partial charge in [-0.05, 0) is 16.8 Å². The van der Waals surface area contributed by atoms with Crippen LogP contribution in [0, 0.1) is 11.3 Å². The Hall–Kier alpha value is -3.10. The summed E-state index contributed by atoms with van der Waals surface area (Å²) < 4.78 is 6.16. The Labute approximate surface area is 156 Å². The Morgan fingerprint density at radius 2 is 2.00 bits per heavy atom. The van der Waals surface area contributed by atoms with Crippen LogP contribution in [0.4, 0.5) is 0 Å². The van der Waals surface area contributed by atoms with Crippen LogP contribution < -0.4 is 4.74 Å². The van der Waals surface area contributed by atoms with Crippen LogP contribution in [0.5, 0.6) is 5.75 Å². The van der Waals surface area contributed by atoms with Crippen LogP contribution in [0.15, 0.2) is 70.4 Å². The third-order valence-electron chi connectivity index (χ3n) is 4.29. The van der Waals surface area contributed by atoms with E-state index in [1.165, 1.54) is 0 Å². The molecule has 0 unspecified atom stereocenters. The first-order valence-electron chi connectivity index (χ1n) is 8.27. The van der Waals surface area contributed by atoms with Gasteiger partial charge in [0.05, 0.1) is 12.3 Å². The lowest BCUT2D eigenvalue weighted by molar-refractivity contribution is 0.399. The first kappa shape index (κ1) is 16.4. The van der Waals surface area contributed by atoms with Crippen LogP contribution in [0.1, 0.15) is 16.4 Å². The molecule has 0 amide bonds. The number of ether oxygens (including phenoxy) is 1. The molecular weight excluding hydrogens is 342 g/mol. The minimum Gasteiger partial charge on any atom is -0.437 e. The molecule has 3 aromatic rings. The molecule has 2 heterocycles. The highest BCUT2D eigenvalue weighted by Gasteiger charge is 2.33. The Morgan fingerprint density at radius 1 is 1.15 bits per heavy atom. The second kappa shape index (κ2) is 6.66. The topological polar surface area (TPSA) is 48.6 Å². The van der Waals surface area contributed by atoms with Crippen molar-refractivity contribution < 1.29 is 4.74 Å². The maximum atomic E-state index is 9.86. The molecule has 0 saturated carbocycles. The molecular formula is C21H17N3OS. The molecule has 1 aliphatic rings. The number of nitrogens with zero attached hydrogens (tertiary/aromatic N) is 3. The SMILES string of the molecule is CN(C)C=NC1=C(C#N)[C@H](c2cccs2)c2ccc3ccccc3c2O1. The van der Waals surface area contributed by atoms with E-state index in [2.05, 4.69) is 35.3 Å². The van der Waals surface area contributed by atoms with Gasteiger partial charge in [0.15, 0.2) is 0 Å². The van der Waals surface area contributed by atoms with Crippen molar-refractivity contribution in [1.82, 2.24) is 4.90 Å². The van der Waals surface area contributed by atoms with Gasteiger partial charge in [-0.25, -0.2) is 4.99 Å². The van der Waals surface area contributed by atoms with E-state index < -0.39 is 0 Å². The van der Waals surface area contributed by atoms with Gasteiger partial charge in [-0.3, -0.25) is 0 Å². The first-order valence-corrected chi connectivity index (χ1v) is 9.15. The van der Waals surface area contributed by atoms with Crippen molar-refractivity contribution >= 4 is 28.4 Å². The number of thiophene rings is 1. The number of allylic oxidation sites excluding steroid dienone is 1. The van der Waals surface area contributed by atoms with Crippen LogP contribution in [-0.2, 0) is 0 Å². The summed E-state index contributed by atoms with van der Waals surface area (Å²) >= 11 is 1.64. The van der Waals surface area contributed by atoms with E-state index in [0.717, 1.165) is 27.0 Å². The fourth-order valence-electron chi connectivity index (χ4n) is 3.16. The maximum Gasteiger partial charge on any atom is 0.235 e. The molecule has 0 radical (unpaired) electrons. The lowest BCUT2D eigenvalue weighted by Gasteiger charge is -2.26. The van der Waals surface area contributed by atoms with Crippen LogP contribution in [-0.4, -0.2) is 25.3 Å².